The minimum absolute atomic E-state index is 0.510. The van der Waals surface area contributed by atoms with Crippen LogP contribution in [0, 0.1) is 0 Å². The van der Waals surface area contributed by atoms with Crippen LogP contribution in [0.3, 0.4) is 0 Å². The van der Waals surface area contributed by atoms with Crippen LogP contribution >= 0.6 is 0 Å². The van der Waals surface area contributed by atoms with Gasteiger partial charge in [-0.05, 0) is 77.9 Å². The predicted octanol–water partition coefficient (Wildman–Crippen LogP) is 15.0. The van der Waals surface area contributed by atoms with E-state index < -0.39 is 0 Å². The van der Waals surface area contributed by atoms with E-state index in [4.69, 9.17) is 14.4 Å². The molecule has 0 unspecified atom stereocenters. The third-order valence-corrected chi connectivity index (χ3v) is 13.6. The first-order valence-electron chi connectivity index (χ1n) is 21.8. The van der Waals surface area contributed by atoms with E-state index in [1.165, 1.54) is 60.5 Å². The molecule has 6 heterocycles. The lowest BCUT2D eigenvalue weighted by atomic mass is 9.91. The molecule has 6 nitrogen and oxygen atoms in total. The molecule has 9 aromatic carbocycles. The fraction of sp³-hybridized carbons (Fsp3) is 0. The molecule has 0 radical (unpaired) electrons. The van der Waals surface area contributed by atoms with Gasteiger partial charge in [0.05, 0.1) is 38.8 Å². The second-order valence-corrected chi connectivity index (χ2v) is 16.9. The van der Waals surface area contributed by atoms with Gasteiger partial charge in [-0.15, -0.1) is 0 Å². The quantitative estimate of drug-likeness (QED) is 0.178. The van der Waals surface area contributed by atoms with Crippen LogP contribution in [-0.2, 0) is 0 Å². The van der Waals surface area contributed by atoms with Crippen molar-refractivity contribution in [1.29, 1.82) is 0 Å². The normalized spacial score (nSPS) is 12.4. The van der Waals surface area contributed by atoms with Crippen LogP contribution < -0.4 is 0 Å². The van der Waals surface area contributed by atoms with Crippen molar-refractivity contribution in [1.82, 2.24) is 23.7 Å². The van der Waals surface area contributed by atoms with Gasteiger partial charge in [0.25, 0.3) is 0 Å². The van der Waals surface area contributed by atoms with Crippen molar-refractivity contribution < 1.29 is 4.42 Å². The van der Waals surface area contributed by atoms with Gasteiger partial charge in [-0.25, -0.2) is 9.97 Å². The van der Waals surface area contributed by atoms with E-state index in [2.05, 4.69) is 196 Å². The monoisotopic (exact) mass is 815 g/mol. The van der Waals surface area contributed by atoms with Crippen molar-refractivity contribution in [3.63, 3.8) is 0 Å². The Hall–Kier alpha value is -8.74. The third-order valence-electron chi connectivity index (χ3n) is 13.6. The molecule has 5 aromatic heterocycles. The minimum Gasteiger partial charge on any atom is -0.436 e. The van der Waals surface area contributed by atoms with Crippen LogP contribution in [0.1, 0.15) is 0 Å². The van der Waals surface area contributed by atoms with Crippen LogP contribution in [0.25, 0.3) is 138 Å². The summed E-state index contributed by atoms with van der Waals surface area (Å²) in [5, 5.41) is 7.97. The molecule has 0 saturated carbocycles. The first kappa shape index (κ1) is 33.9. The number of furan rings is 1. The van der Waals surface area contributed by atoms with E-state index in [9.17, 15) is 0 Å². The number of fused-ring (bicyclic) bond motifs is 18. The Bertz CT molecular complexity index is 4320. The molecule has 0 fully saturated rings. The Morgan fingerprint density at radius 2 is 1.00 bits per heavy atom. The van der Waals surface area contributed by atoms with E-state index in [1.807, 2.05) is 18.2 Å². The number of nitrogens with zero attached hydrogens (tertiary/aromatic N) is 5. The molecule has 15 rings (SSSR count). The fourth-order valence-corrected chi connectivity index (χ4v) is 11.0. The van der Waals surface area contributed by atoms with Crippen molar-refractivity contribution >= 4 is 87.6 Å². The largest absolute Gasteiger partial charge is 0.436 e. The van der Waals surface area contributed by atoms with Crippen molar-refractivity contribution in [2.24, 2.45) is 0 Å². The van der Waals surface area contributed by atoms with Crippen LogP contribution in [-0.4, -0.2) is 23.7 Å². The Morgan fingerprint density at radius 3 is 1.81 bits per heavy atom. The first-order valence-corrected chi connectivity index (χ1v) is 21.8. The second kappa shape index (κ2) is 12.4. The summed E-state index contributed by atoms with van der Waals surface area (Å²) in [6.45, 7) is 0. The molecular formula is C58H33N5O. The second-order valence-electron chi connectivity index (χ2n) is 16.9. The number of hydrogen-bond acceptors (Lipinski definition) is 3. The Morgan fingerprint density at radius 1 is 0.391 bits per heavy atom. The highest BCUT2D eigenvalue weighted by molar-refractivity contribution is 6.29. The van der Waals surface area contributed by atoms with Gasteiger partial charge in [0, 0.05) is 60.1 Å². The molecule has 1 aliphatic heterocycles. The summed E-state index contributed by atoms with van der Waals surface area (Å²) in [5.74, 6) is 0.747. The zero-order valence-corrected chi connectivity index (χ0v) is 34.2. The summed E-state index contributed by atoms with van der Waals surface area (Å²) in [6.07, 6.45) is 0. The molecule has 0 atom stereocenters. The molecule has 1 aliphatic rings. The lowest BCUT2D eigenvalue weighted by Gasteiger charge is -2.14. The maximum atomic E-state index is 6.53. The van der Waals surface area contributed by atoms with Gasteiger partial charge in [-0.2, -0.15) is 0 Å². The molecule has 0 spiro atoms. The van der Waals surface area contributed by atoms with E-state index in [1.54, 1.807) is 0 Å². The van der Waals surface area contributed by atoms with E-state index >= 15 is 0 Å². The maximum Gasteiger partial charge on any atom is 0.247 e. The van der Waals surface area contributed by atoms with Gasteiger partial charge in [0.1, 0.15) is 16.8 Å². The number of para-hydroxylation sites is 6. The van der Waals surface area contributed by atoms with E-state index in [-0.39, 0.29) is 0 Å². The van der Waals surface area contributed by atoms with Crippen LogP contribution in [0.4, 0.5) is 0 Å². The lowest BCUT2D eigenvalue weighted by molar-refractivity contribution is 0.653. The molecule has 0 amide bonds. The van der Waals surface area contributed by atoms with Gasteiger partial charge in [-0.1, -0.05) is 133 Å². The number of rotatable bonds is 3. The summed E-state index contributed by atoms with van der Waals surface area (Å²) in [7, 11) is 0. The zero-order valence-electron chi connectivity index (χ0n) is 34.2. The van der Waals surface area contributed by atoms with Gasteiger partial charge in [0.2, 0.25) is 5.71 Å². The molecular weight excluding hydrogens is 783 g/mol. The van der Waals surface area contributed by atoms with E-state index in [0.29, 0.717) is 5.71 Å². The van der Waals surface area contributed by atoms with Crippen LogP contribution in [0.2, 0.25) is 0 Å². The van der Waals surface area contributed by atoms with Crippen molar-refractivity contribution in [3.05, 3.63) is 200 Å². The summed E-state index contributed by atoms with van der Waals surface area (Å²) in [5.41, 5.74) is 17.6. The molecule has 14 aromatic rings. The molecule has 0 N–H and O–H groups in total. The maximum absolute atomic E-state index is 6.53. The topological polar surface area (TPSA) is 53.7 Å². The summed E-state index contributed by atoms with van der Waals surface area (Å²) < 4.78 is 13.7. The van der Waals surface area contributed by atoms with Crippen molar-refractivity contribution in [2.75, 3.05) is 0 Å². The Kier molecular flexibility index (Phi) is 6.59. The third kappa shape index (κ3) is 4.38. The summed E-state index contributed by atoms with van der Waals surface area (Å²) in [6, 6.07) is 71.9. The predicted molar refractivity (Wildman–Crippen MR) is 262 cm³/mol. The van der Waals surface area contributed by atoms with Gasteiger partial charge in [0.15, 0.2) is 5.82 Å². The first-order chi connectivity index (χ1) is 31.8. The highest BCUT2D eigenvalue weighted by Crippen LogP contribution is 2.52. The van der Waals surface area contributed by atoms with Crippen molar-refractivity contribution in [3.8, 4) is 50.7 Å². The van der Waals surface area contributed by atoms with Gasteiger partial charge >= 0.3 is 0 Å². The molecule has 296 valence electrons. The minimum atomic E-state index is 0.510. The average Bonchev–Trinajstić information content (AvgIpc) is 4.07. The van der Waals surface area contributed by atoms with Crippen LogP contribution in [0.5, 0.6) is 0 Å². The highest BCUT2D eigenvalue weighted by Gasteiger charge is 2.30. The molecule has 64 heavy (non-hydrogen) atoms. The molecule has 0 aliphatic carbocycles. The molecule has 6 heteroatoms. The number of aromatic nitrogens is 5. The smallest absolute Gasteiger partial charge is 0.247 e. The fourth-order valence-electron chi connectivity index (χ4n) is 11.0. The highest BCUT2D eigenvalue weighted by atomic mass is 16.3. The van der Waals surface area contributed by atoms with Crippen LogP contribution in [0.15, 0.2) is 205 Å². The molecule has 0 bridgehead atoms. The van der Waals surface area contributed by atoms with E-state index in [0.717, 1.165) is 72.1 Å². The zero-order chi connectivity index (χ0) is 41.6. The van der Waals surface area contributed by atoms with Crippen molar-refractivity contribution in [2.45, 2.75) is 0 Å². The Balaban J connectivity index is 1.12. The summed E-state index contributed by atoms with van der Waals surface area (Å²) in [4.78, 5) is 11.2. The lowest BCUT2D eigenvalue weighted by Crippen LogP contribution is -2.03. The molecule has 0 saturated heterocycles. The Labute approximate surface area is 365 Å². The SMILES string of the molecule is c1ccc(-n2c3ccccc3c3cc(-c4nc5oc6ccccc6c5nc4-n4c5ccccc5c5c6c7c(cc54)c4ccccc4n7-c4ccccc4-c4ccccc4-6)ccc32)cc1. The number of hydrogen-bond donors (Lipinski definition) is 0. The average molecular weight is 816 g/mol. The van der Waals surface area contributed by atoms with Gasteiger partial charge < -0.3 is 13.6 Å². The summed E-state index contributed by atoms with van der Waals surface area (Å²) >= 11 is 0. The number of benzene rings is 9. The van der Waals surface area contributed by atoms with Gasteiger partial charge in [-0.3, -0.25) is 4.57 Å². The standard InChI is InChI=1S/C58H33N5O/c1-2-16-35(17-3-1)61-45-25-11-7-20-38(45)43-32-34(30-31-49(43)61)54-57(59-55-42-24-10-15-29-51(42)64-58(55)60-54)63-48-28-14-9-23-41(48)52-50(63)33-44-39-21-8-13-27-47(39)62-46-26-12-6-19-37(46)36-18-4-5-22-40(36)53(52)56(44)62/h1-33H.